The summed E-state index contributed by atoms with van der Waals surface area (Å²) in [4.78, 5) is 11.7. The molecule has 0 aliphatic carbocycles. The lowest BCUT2D eigenvalue weighted by molar-refractivity contribution is -0.141. The van der Waals surface area contributed by atoms with Gasteiger partial charge in [0.1, 0.15) is 0 Å². The summed E-state index contributed by atoms with van der Waals surface area (Å²) < 4.78 is 44.5. The molecule has 0 radical (unpaired) electrons. The fourth-order valence-corrected chi connectivity index (χ4v) is 2.49. The summed E-state index contributed by atoms with van der Waals surface area (Å²) >= 11 is 5.64. The molecule has 9 heteroatoms. The molecule has 22 heavy (non-hydrogen) atoms. The second-order valence-electron chi connectivity index (χ2n) is 5.16. The molecule has 1 atom stereocenters. The van der Waals surface area contributed by atoms with Gasteiger partial charge in [-0.25, -0.2) is 0 Å². The highest BCUT2D eigenvalue weighted by Gasteiger charge is 2.38. The lowest BCUT2D eigenvalue weighted by Gasteiger charge is -2.11. The molecule has 5 nitrogen and oxygen atoms in total. The SMILES string of the molecule is Cc1c(Cl)c(C(F)(F)F)nn1CCC(=O)NC[C@H]1CCCO1. The Bertz CT molecular complexity index is 539. The van der Waals surface area contributed by atoms with E-state index in [0.29, 0.717) is 13.2 Å². The second kappa shape index (κ2) is 6.87. The lowest BCUT2D eigenvalue weighted by atomic mass is 10.2. The second-order valence-corrected chi connectivity index (χ2v) is 5.54. The van der Waals surface area contributed by atoms with Crippen molar-refractivity contribution in [2.75, 3.05) is 13.2 Å². The number of aryl methyl sites for hydroxylation is 1. The Morgan fingerprint density at radius 2 is 2.27 bits per heavy atom. The number of nitrogens with one attached hydrogen (secondary N) is 1. The Kier molecular flexibility index (Phi) is 5.33. The molecule has 124 valence electrons. The predicted octanol–water partition coefficient (Wildman–Crippen LogP) is 2.55. The number of nitrogens with zero attached hydrogens (tertiary/aromatic N) is 2. The third kappa shape index (κ3) is 4.13. The van der Waals surface area contributed by atoms with E-state index in [1.165, 1.54) is 6.92 Å². The van der Waals surface area contributed by atoms with Gasteiger partial charge in [0, 0.05) is 19.6 Å². The van der Waals surface area contributed by atoms with Crippen LogP contribution in [0, 0.1) is 6.92 Å². The van der Waals surface area contributed by atoms with Crippen LogP contribution in [0.2, 0.25) is 5.02 Å². The van der Waals surface area contributed by atoms with E-state index in [9.17, 15) is 18.0 Å². The zero-order valence-electron chi connectivity index (χ0n) is 12.0. The van der Waals surface area contributed by atoms with Crippen LogP contribution in [0.1, 0.15) is 30.7 Å². The molecule has 2 rings (SSSR count). The van der Waals surface area contributed by atoms with Crippen molar-refractivity contribution in [3.05, 3.63) is 16.4 Å². The quantitative estimate of drug-likeness (QED) is 0.897. The van der Waals surface area contributed by atoms with Crippen LogP contribution in [0.25, 0.3) is 0 Å². The molecule has 0 saturated carbocycles. The summed E-state index contributed by atoms with van der Waals surface area (Å²) in [5, 5.41) is 5.73. The van der Waals surface area contributed by atoms with Crippen LogP contribution in [0.5, 0.6) is 0 Å². The molecule has 1 N–H and O–H groups in total. The molecule has 2 heterocycles. The Morgan fingerprint density at radius 1 is 1.55 bits per heavy atom. The standard InChI is InChI=1S/C13H17ClF3N3O2/c1-8-11(14)12(13(15,16)17)19-20(8)5-4-10(21)18-7-9-3-2-6-22-9/h9H,2-7H2,1H3,(H,18,21)/t9-/m1/s1. The lowest BCUT2D eigenvalue weighted by Crippen LogP contribution is -2.32. The number of carbonyl (C=O) groups is 1. The van der Waals surface area contributed by atoms with Crippen LogP contribution in [-0.2, 0) is 22.3 Å². The molecule has 1 aliphatic heterocycles. The van der Waals surface area contributed by atoms with Gasteiger partial charge in [-0.15, -0.1) is 0 Å². The van der Waals surface area contributed by atoms with E-state index in [2.05, 4.69) is 10.4 Å². The first-order chi connectivity index (χ1) is 10.3. The number of ether oxygens (including phenoxy) is 1. The molecule has 1 aliphatic rings. The molecule has 0 spiro atoms. The van der Waals surface area contributed by atoms with E-state index in [4.69, 9.17) is 16.3 Å². The molecule has 1 saturated heterocycles. The van der Waals surface area contributed by atoms with Crippen molar-refractivity contribution in [2.45, 2.75) is 45.0 Å². The van der Waals surface area contributed by atoms with Gasteiger partial charge in [0.05, 0.1) is 23.4 Å². The van der Waals surface area contributed by atoms with Gasteiger partial charge in [0.25, 0.3) is 0 Å². The number of alkyl halides is 3. The fourth-order valence-electron chi connectivity index (χ4n) is 2.25. The van der Waals surface area contributed by atoms with Crippen LogP contribution in [-0.4, -0.2) is 34.9 Å². The topological polar surface area (TPSA) is 56.2 Å². The molecule has 1 amide bonds. The van der Waals surface area contributed by atoms with Gasteiger partial charge in [0.15, 0.2) is 5.69 Å². The van der Waals surface area contributed by atoms with E-state index in [-0.39, 0.29) is 30.7 Å². The van der Waals surface area contributed by atoms with Crippen LogP contribution in [0.4, 0.5) is 13.2 Å². The minimum Gasteiger partial charge on any atom is -0.376 e. The maximum Gasteiger partial charge on any atom is 0.436 e. The van der Waals surface area contributed by atoms with Crippen molar-refractivity contribution < 1.29 is 22.7 Å². The fraction of sp³-hybridized carbons (Fsp3) is 0.692. The summed E-state index contributed by atoms with van der Waals surface area (Å²) in [5.74, 6) is -0.255. The first-order valence-corrected chi connectivity index (χ1v) is 7.35. The molecular formula is C13H17ClF3N3O2. The van der Waals surface area contributed by atoms with Crippen molar-refractivity contribution in [1.29, 1.82) is 0 Å². The minimum atomic E-state index is -4.60. The average Bonchev–Trinajstić information content (AvgIpc) is 3.04. The first-order valence-electron chi connectivity index (χ1n) is 6.97. The van der Waals surface area contributed by atoms with E-state index in [1.807, 2.05) is 0 Å². The normalized spacial score (nSPS) is 18.7. The molecule has 1 aromatic rings. The van der Waals surface area contributed by atoms with Gasteiger partial charge >= 0.3 is 6.18 Å². The van der Waals surface area contributed by atoms with Gasteiger partial charge in [-0.3, -0.25) is 9.48 Å². The number of amides is 1. The number of hydrogen-bond donors (Lipinski definition) is 1. The zero-order chi connectivity index (χ0) is 16.3. The van der Waals surface area contributed by atoms with Crippen molar-refractivity contribution >= 4 is 17.5 Å². The van der Waals surface area contributed by atoms with Crippen LogP contribution in [0.3, 0.4) is 0 Å². The van der Waals surface area contributed by atoms with Gasteiger partial charge < -0.3 is 10.1 Å². The van der Waals surface area contributed by atoms with Gasteiger partial charge in [-0.05, 0) is 19.8 Å². The number of carbonyl (C=O) groups excluding carboxylic acids is 1. The number of aromatic nitrogens is 2. The van der Waals surface area contributed by atoms with Crippen molar-refractivity contribution in [3.8, 4) is 0 Å². The number of halogens is 4. The smallest absolute Gasteiger partial charge is 0.376 e. The number of rotatable bonds is 5. The Labute approximate surface area is 130 Å². The maximum atomic E-state index is 12.7. The Morgan fingerprint density at radius 3 is 2.82 bits per heavy atom. The van der Waals surface area contributed by atoms with Crippen molar-refractivity contribution in [2.24, 2.45) is 0 Å². The van der Waals surface area contributed by atoms with Gasteiger partial charge in [-0.1, -0.05) is 11.6 Å². The van der Waals surface area contributed by atoms with Gasteiger partial charge in [0.2, 0.25) is 5.91 Å². The Balaban J connectivity index is 1.87. The predicted molar refractivity (Wildman–Crippen MR) is 73.6 cm³/mol. The largest absolute Gasteiger partial charge is 0.436 e. The van der Waals surface area contributed by atoms with Crippen molar-refractivity contribution in [1.82, 2.24) is 15.1 Å². The minimum absolute atomic E-state index is 0.0293. The maximum absolute atomic E-state index is 12.7. The summed E-state index contributed by atoms with van der Waals surface area (Å²) in [5.41, 5.74) is -0.924. The highest BCUT2D eigenvalue weighted by Crippen LogP contribution is 2.35. The average molecular weight is 340 g/mol. The first kappa shape index (κ1) is 17.1. The van der Waals surface area contributed by atoms with E-state index >= 15 is 0 Å². The molecule has 1 fully saturated rings. The van der Waals surface area contributed by atoms with Crippen molar-refractivity contribution in [3.63, 3.8) is 0 Å². The van der Waals surface area contributed by atoms with E-state index in [0.717, 1.165) is 17.5 Å². The van der Waals surface area contributed by atoms with E-state index in [1.54, 1.807) is 0 Å². The van der Waals surface area contributed by atoms with Crippen LogP contribution < -0.4 is 5.32 Å². The van der Waals surface area contributed by atoms with Gasteiger partial charge in [-0.2, -0.15) is 18.3 Å². The summed E-state index contributed by atoms with van der Waals surface area (Å²) in [7, 11) is 0. The molecule has 0 unspecified atom stereocenters. The number of hydrogen-bond acceptors (Lipinski definition) is 3. The third-order valence-electron chi connectivity index (χ3n) is 3.50. The molecule has 0 bridgehead atoms. The third-order valence-corrected chi connectivity index (χ3v) is 3.96. The molecule has 1 aromatic heterocycles. The highest BCUT2D eigenvalue weighted by atomic mass is 35.5. The van der Waals surface area contributed by atoms with E-state index < -0.39 is 16.9 Å². The summed E-state index contributed by atoms with van der Waals surface area (Å²) in [6, 6.07) is 0. The monoisotopic (exact) mass is 339 g/mol. The molecule has 0 aromatic carbocycles. The van der Waals surface area contributed by atoms with Crippen LogP contribution in [0.15, 0.2) is 0 Å². The summed E-state index contributed by atoms with van der Waals surface area (Å²) in [6.07, 6.45) is -2.66. The Hall–Kier alpha value is -1.28. The highest BCUT2D eigenvalue weighted by molar-refractivity contribution is 6.31. The summed E-state index contributed by atoms with van der Waals surface area (Å²) in [6.45, 7) is 2.60. The molecular weight excluding hydrogens is 323 g/mol. The van der Waals surface area contributed by atoms with Crippen LogP contribution >= 0.6 is 11.6 Å². The zero-order valence-corrected chi connectivity index (χ0v) is 12.8.